The number of rotatable bonds is 12. The molecule has 0 bridgehead atoms. The SMILES string of the molecule is CC/C=C(\N=C(C1CCC1)C1CCCN1C(NC(=O)OC(C)(C)C)=C(C)C)c1ccc(OCCCCO)c(C(F)(F)F)c1. The summed E-state index contributed by atoms with van der Waals surface area (Å²) in [5.74, 6) is 0.686. The third kappa shape index (κ3) is 9.74. The van der Waals surface area contributed by atoms with E-state index in [4.69, 9.17) is 19.6 Å². The Morgan fingerprint density at radius 2 is 1.86 bits per heavy atom. The molecule has 240 valence electrons. The van der Waals surface area contributed by atoms with E-state index in [0.29, 0.717) is 36.3 Å². The number of benzene rings is 1. The van der Waals surface area contributed by atoms with Crippen molar-refractivity contribution in [2.75, 3.05) is 19.8 Å². The van der Waals surface area contributed by atoms with Gasteiger partial charge >= 0.3 is 12.3 Å². The number of carbonyl (C=O) groups excluding carboxylic acids is 1. The van der Waals surface area contributed by atoms with Gasteiger partial charge in [-0.3, -0.25) is 10.3 Å². The summed E-state index contributed by atoms with van der Waals surface area (Å²) >= 11 is 0. The van der Waals surface area contributed by atoms with Crippen LogP contribution in [0.25, 0.3) is 5.70 Å². The minimum Gasteiger partial charge on any atom is -0.493 e. The first-order chi connectivity index (χ1) is 20.2. The number of hydrogen-bond donors (Lipinski definition) is 2. The van der Waals surface area contributed by atoms with Crippen LogP contribution < -0.4 is 10.1 Å². The van der Waals surface area contributed by atoms with Crippen molar-refractivity contribution in [2.45, 2.75) is 111 Å². The number of unbranched alkanes of at least 4 members (excludes halogenated alkanes) is 1. The summed E-state index contributed by atoms with van der Waals surface area (Å²) < 4.78 is 53.4. The zero-order valence-electron chi connectivity index (χ0n) is 26.4. The van der Waals surface area contributed by atoms with Gasteiger partial charge < -0.3 is 19.5 Å². The van der Waals surface area contributed by atoms with E-state index in [1.54, 1.807) is 6.07 Å². The van der Waals surface area contributed by atoms with Crippen molar-refractivity contribution in [3.63, 3.8) is 0 Å². The second-order valence-electron chi connectivity index (χ2n) is 12.5. The lowest BCUT2D eigenvalue weighted by molar-refractivity contribution is -0.139. The molecular weight excluding hydrogens is 559 g/mol. The van der Waals surface area contributed by atoms with E-state index >= 15 is 0 Å². The number of hydrogen-bond acceptors (Lipinski definition) is 6. The minimum atomic E-state index is -4.60. The smallest absolute Gasteiger partial charge is 0.419 e. The predicted molar refractivity (Wildman–Crippen MR) is 164 cm³/mol. The van der Waals surface area contributed by atoms with Gasteiger partial charge in [-0.15, -0.1) is 0 Å². The molecule has 0 radical (unpaired) electrons. The molecule has 2 N–H and O–H groups in total. The molecule has 3 rings (SSSR count). The molecule has 1 heterocycles. The zero-order valence-corrected chi connectivity index (χ0v) is 26.4. The van der Waals surface area contributed by atoms with Crippen LogP contribution in [0.3, 0.4) is 0 Å². The lowest BCUT2D eigenvalue weighted by Crippen LogP contribution is -2.46. The normalized spacial score (nSPS) is 18.4. The Morgan fingerprint density at radius 3 is 2.42 bits per heavy atom. The number of amides is 1. The van der Waals surface area contributed by atoms with Crippen molar-refractivity contribution >= 4 is 17.5 Å². The van der Waals surface area contributed by atoms with Gasteiger partial charge in [0.2, 0.25) is 0 Å². The van der Waals surface area contributed by atoms with Crippen LogP contribution in [-0.4, -0.2) is 53.2 Å². The first kappa shape index (κ1) is 34.5. The van der Waals surface area contributed by atoms with Gasteiger partial charge in [-0.25, -0.2) is 4.79 Å². The van der Waals surface area contributed by atoms with Crippen LogP contribution in [0.2, 0.25) is 0 Å². The molecule has 1 atom stereocenters. The standard InChI is InChI=1S/C33H48F3N3O4/c1-7-12-26(24-16-17-28(42-20-9-8-19-40)25(21-24)33(34,35)36)37-29(23-13-10-14-23)27-15-11-18-39(27)30(22(2)3)38-31(41)43-32(4,5)6/h12,16-17,21,23,27,40H,7-11,13-15,18-20H2,1-6H3,(H,38,41)/b26-12-,37-29?. The topological polar surface area (TPSA) is 83.4 Å². The van der Waals surface area contributed by atoms with E-state index in [-0.39, 0.29) is 30.9 Å². The summed E-state index contributed by atoms with van der Waals surface area (Å²) in [4.78, 5) is 20.1. The molecule has 1 aromatic rings. The van der Waals surface area contributed by atoms with Crippen LogP contribution in [-0.2, 0) is 10.9 Å². The number of nitrogens with one attached hydrogen (secondary N) is 1. The molecule has 2 fully saturated rings. The molecule has 1 unspecified atom stereocenters. The summed E-state index contributed by atoms with van der Waals surface area (Å²) in [6, 6.07) is 4.04. The van der Waals surface area contributed by atoms with Crippen LogP contribution in [0.4, 0.5) is 18.0 Å². The molecule has 0 spiro atoms. The van der Waals surface area contributed by atoms with Gasteiger partial charge in [0, 0.05) is 24.4 Å². The molecule has 10 heteroatoms. The summed E-state index contributed by atoms with van der Waals surface area (Å²) in [6.07, 6.45) is 3.02. The highest BCUT2D eigenvalue weighted by atomic mass is 19.4. The first-order valence-corrected chi connectivity index (χ1v) is 15.4. The molecule has 0 aromatic heterocycles. The molecule has 1 aromatic carbocycles. The van der Waals surface area contributed by atoms with Crippen LogP contribution in [0, 0.1) is 5.92 Å². The zero-order chi connectivity index (χ0) is 31.8. The van der Waals surface area contributed by atoms with Crippen molar-refractivity contribution in [3.05, 3.63) is 46.8 Å². The fourth-order valence-electron chi connectivity index (χ4n) is 5.36. The average molecular weight is 608 g/mol. The molecular formula is C33H48F3N3O4. The first-order valence-electron chi connectivity index (χ1n) is 15.4. The number of carbonyl (C=O) groups is 1. The Hall–Kier alpha value is -3.01. The van der Waals surface area contributed by atoms with Crippen LogP contribution >= 0.6 is 0 Å². The maximum absolute atomic E-state index is 14.1. The number of alkyl halides is 3. The number of ether oxygens (including phenoxy) is 2. The number of aliphatic imine (C=N–C) groups is 1. The van der Waals surface area contributed by atoms with Gasteiger partial charge in [0.15, 0.2) is 0 Å². The number of nitrogens with zero attached hydrogens (tertiary/aromatic N) is 2. The van der Waals surface area contributed by atoms with Gasteiger partial charge in [0.25, 0.3) is 0 Å². The molecule has 1 saturated carbocycles. The van der Waals surface area contributed by atoms with E-state index in [2.05, 4.69) is 10.2 Å². The van der Waals surface area contributed by atoms with Crippen molar-refractivity contribution in [1.82, 2.24) is 10.2 Å². The lowest BCUT2D eigenvalue weighted by atomic mass is 9.78. The summed E-state index contributed by atoms with van der Waals surface area (Å²) in [5.41, 5.74) is 1.28. The second-order valence-corrected chi connectivity index (χ2v) is 12.5. The molecule has 7 nitrogen and oxygen atoms in total. The second kappa shape index (κ2) is 15.1. The molecule has 1 amide bonds. The Balaban J connectivity index is 2.00. The van der Waals surface area contributed by atoms with Crippen LogP contribution in [0.1, 0.15) is 104 Å². The van der Waals surface area contributed by atoms with E-state index in [9.17, 15) is 18.0 Å². The van der Waals surface area contributed by atoms with Crippen molar-refractivity contribution in [1.29, 1.82) is 0 Å². The van der Waals surface area contributed by atoms with Gasteiger partial charge in [-0.05, 0) is 109 Å². The van der Waals surface area contributed by atoms with E-state index in [1.165, 1.54) is 6.07 Å². The molecule has 1 saturated heterocycles. The van der Waals surface area contributed by atoms with Crippen LogP contribution in [0.5, 0.6) is 5.75 Å². The Bertz CT molecular complexity index is 1190. The third-order valence-electron chi connectivity index (χ3n) is 7.54. The summed E-state index contributed by atoms with van der Waals surface area (Å²) in [6.45, 7) is 12.0. The highest BCUT2D eigenvalue weighted by Gasteiger charge is 2.38. The van der Waals surface area contributed by atoms with Crippen molar-refractivity contribution < 1.29 is 32.5 Å². The van der Waals surface area contributed by atoms with Gasteiger partial charge in [0.05, 0.1) is 23.9 Å². The van der Waals surface area contributed by atoms with Crippen LogP contribution in [0.15, 0.2) is 40.7 Å². The number of aliphatic hydroxyl groups excluding tert-OH is 1. The van der Waals surface area contributed by atoms with Gasteiger partial charge in [-0.1, -0.05) is 19.4 Å². The number of aliphatic hydroxyl groups is 1. The Labute approximate surface area is 254 Å². The van der Waals surface area contributed by atoms with E-state index < -0.39 is 23.4 Å². The Morgan fingerprint density at radius 1 is 1.14 bits per heavy atom. The monoisotopic (exact) mass is 607 g/mol. The van der Waals surface area contributed by atoms with Crippen molar-refractivity contribution in [3.8, 4) is 5.75 Å². The van der Waals surface area contributed by atoms with Gasteiger partial charge in [0.1, 0.15) is 17.2 Å². The minimum absolute atomic E-state index is 0.0362. The molecule has 2 aliphatic rings. The number of alkyl carbamates (subject to hydrolysis) is 1. The fourth-order valence-corrected chi connectivity index (χ4v) is 5.36. The number of likely N-dealkylation sites (tertiary alicyclic amines) is 1. The number of allylic oxidation sites excluding steroid dienone is 2. The molecule has 1 aliphatic carbocycles. The number of halogens is 3. The Kier molecular flexibility index (Phi) is 12.1. The average Bonchev–Trinajstić information content (AvgIpc) is 3.35. The highest BCUT2D eigenvalue weighted by Crippen LogP contribution is 2.40. The van der Waals surface area contributed by atoms with Crippen molar-refractivity contribution in [2.24, 2.45) is 10.9 Å². The third-order valence-corrected chi connectivity index (χ3v) is 7.54. The lowest BCUT2D eigenvalue weighted by Gasteiger charge is -2.37. The van der Waals surface area contributed by atoms with Gasteiger partial charge in [-0.2, -0.15) is 13.2 Å². The summed E-state index contributed by atoms with van der Waals surface area (Å²) in [5, 5.41) is 11.9. The quantitative estimate of drug-likeness (QED) is 0.185. The largest absolute Gasteiger partial charge is 0.493 e. The maximum Gasteiger partial charge on any atom is 0.419 e. The maximum atomic E-state index is 14.1. The molecule has 43 heavy (non-hydrogen) atoms. The van der Waals surface area contributed by atoms with E-state index in [1.807, 2.05) is 47.6 Å². The predicted octanol–water partition coefficient (Wildman–Crippen LogP) is 8.09. The summed E-state index contributed by atoms with van der Waals surface area (Å²) in [7, 11) is 0. The van der Waals surface area contributed by atoms with E-state index in [0.717, 1.165) is 56.0 Å². The highest BCUT2D eigenvalue weighted by molar-refractivity contribution is 5.97. The molecule has 1 aliphatic heterocycles. The fraction of sp³-hybridized carbons (Fsp3) is 0.636.